The molecule has 0 saturated carbocycles. The summed E-state index contributed by atoms with van der Waals surface area (Å²) < 4.78 is 11.4. The molecule has 1 aliphatic heterocycles. The summed E-state index contributed by atoms with van der Waals surface area (Å²) in [4.78, 5) is 13.1. The second kappa shape index (κ2) is 62.2. The van der Waals surface area contributed by atoms with Crippen molar-refractivity contribution in [2.45, 2.75) is 442 Å². The van der Waals surface area contributed by atoms with Crippen molar-refractivity contribution < 1.29 is 39.8 Å². The van der Waals surface area contributed by atoms with Gasteiger partial charge < -0.3 is 40.3 Å². The van der Waals surface area contributed by atoms with Crippen LogP contribution in [-0.2, 0) is 14.3 Å². The van der Waals surface area contributed by atoms with E-state index < -0.39 is 49.5 Å². The van der Waals surface area contributed by atoms with E-state index in [0.717, 1.165) is 38.5 Å². The van der Waals surface area contributed by atoms with E-state index in [9.17, 15) is 30.3 Å². The second-order valence-corrected chi connectivity index (χ2v) is 26.1. The minimum atomic E-state index is -1.55. The Balaban J connectivity index is 2.02. The van der Waals surface area contributed by atoms with Gasteiger partial charge in [-0.2, -0.15) is 0 Å². The standard InChI is InChI=1S/C72H143NO8/c1-3-5-7-9-11-13-15-17-19-21-23-25-26-27-28-29-30-31-32-33-34-35-36-37-38-39-40-41-42-44-46-48-50-52-54-56-58-60-62-68(76)73-65(64-80-72-71(79)70(78)69(77)67(63-74)81-72)66(75)61-59-57-55-53-51-49-47-45-43-24-22-20-18-16-14-12-10-8-6-4-2/h65-67,69-72,74-75,77-79H,3-64H2,1-2H3,(H,73,76). The zero-order valence-electron chi connectivity index (χ0n) is 54.3. The molecule has 9 nitrogen and oxygen atoms in total. The molecule has 1 amide bonds. The number of hydrogen-bond acceptors (Lipinski definition) is 8. The van der Waals surface area contributed by atoms with Gasteiger partial charge in [-0.25, -0.2) is 0 Å². The Morgan fingerprint density at radius 3 is 0.877 bits per heavy atom. The SMILES string of the molecule is CCCCCCCCCCCCCCCCCCCCCCCCCCCCCCCCCCCCCCCCC(=O)NC(COC1OC(CO)C(O)C(O)C1O)C(O)CCCCCCCCCCCCCCCCCCCCCC. The highest BCUT2D eigenvalue weighted by atomic mass is 16.7. The molecule has 0 spiro atoms. The lowest BCUT2D eigenvalue weighted by Gasteiger charge is -2.40. The third-order valence-corrected chi connectivity index (χ3v) is 18.2. The van der Waals surface area contributed by atoms with Crippen LogP contribution in [0, 0.1) is 0 Å². The highest BCUT2D eigenvalue weighted by molar-refractivity contribution is 5.76. The number of hydrogen-bond donors (Lipinski definition) is 6. The van der Waals surface area contributed by atoms with Crippen LogP contribution in [0.3, 0.4) is 0 Å². The van der Waals surface area contributed by atoms with Crippen LogP contribution in [-0.4, -0.2) is 87.5 Å². The van der Waals surface area contributed by atoms with Gasteiger partial charge in [-0.15, -0.1) is 0 Å². The predicted octanol–water partition coefficient (Wildman–Crippen LogP) is 20.1. The Morgan fingerprint density at radius 1 is 0.370 bits per heavy atom. The van der Waals surface area contributed by atoms with Crippen molar-refractivity contribution in [3.63, 3.8) is 0 Å². The Bertz CT molecular complexity index is 1240. The van der Waals surface area contributed by atoms with E-state index in [2.05, 4.69) is 19.2 Å². The molecule has 0 bridgehead atoms. The number of ether oxygens (including phenoxy) is 2. The topological polar surface area (TPSA) is 149 Å². The molecular formula is C72H143NO8. The van der Waals surface area contributed by atoms with Gasteiger partial charge in [0.05, 0.1) is 25.4 Å². The van der Waals surface area contributed by atoms with Crippen LogP contribution >= 0.6 is 0 Å². The summed E-state index contributed by atoms with van der Waals surface area (Å²) in [5.41, 5.74) is 0. The first-order chi connectivity index (χ1) is 39.8. The van der Waals surface area contributed by atoms with Gasteiger partial charge in [0.25, 0.3) is 0 Å². The van der Waals surface area contributed by atoms with Crippen molar-refractivity contribution in [1.29, 1.82) is 0 Å². The third-order valence-electron chi connectivity index (χ3n) is 18.2. The molecule has 1 saturated heterocycles. The van der Waals surface area contributed by atoms with Gasteiger partial charge in [-0.05, 0) is 12.8 Å². The maximum Gasteiger partial charge on any atom is 0.220 e. The number of unbranched alkanes of at least 4 members (excludes halogenated alkanes) is 56. The normalized spacial score (nSPS) is 18.2. The van der Waals surface area contributed by atoms with Gasteiger partial charge in [0.15, 0.2) is 6.29 Å². The zero-order chi connectivity index (χ0) is 58.6. The monoisotopic (exact) mass is 1150 g/mol. The smallest absolute Gasteiger partial charge is 0.220 e. The lowest BCUT2D eigenvalue weighted by molar-refractivity contribution is -0.302. The van der Waals surface area contributed by atoms with Gasteiger partial charge in [0, 0.05) is 6.42 Å². The molecule has 0 aromatic heterocycles. The maximum absolute atomic E-state index is 13.1. The molecule has 6 N–H and O–H groups in total. The van der Waals surface area contributed by atoms with Crippen LogP contribution < -0.4 is 5.32 Å². The van der Waals surface area contributed by atoms with E-state index in [1.807, 2.05) is 0 Å². The molecule has 7 unspecified atom stereocenters. The molecule has 1 rings (SSSR count). The lowest BCUT2D eigenvalue weighted by Crippen LogP contribution is -2.60. The van der Waals surface area contributed by atoms with Crippen molar-refractivity contribution in [2.75, 3.05) is 13.2 Å². The van der Waals surface area contributed by atoms with Crippen LogP contribution in [0.25, 0.3) is 0 Å². The first-order valence-corrected chi connectivity index (χ1v) is 36.7. The molecule has 0 radical (unpaired) electrons. The molecule has 1 fully saturated rings. The van der Waals surface area contributed by atoms with E-state index in [1.165, 1.54) is 334 Å². The Hall–Kier alpha value is -0.810. The van der Waals surface area contributed by atoms with Crippen LogP contribution in [0.4, 0.5) is 0 Å². The summed E-state index contributed by atoms with van der Waals surface area (Å²) >= 11 is 0. The zero-order valence-corrected chi connectivity index (χ0v) is 54.3. The molecule has 0 aliphatic carbocycles. The fraction of sp³-hybridized carbons (Fsp3) is 0.986. The van der Waals surface area contributed by atoms with Crippen LogP contribution in [0.15, 0.2) is 0 Å². The summed E-state index contributed by atoms with van der Waals surface area (Å²) in [6, 6.07) is -0.715. The highest BCUT2D eigenvalue weighted by Crippen LogP contribution is 2.24. The summed E-state index contributed by atoms with van der Waals surface area (Å²) in [5, 5.41) is 54.9. The fourth-order valence-electron chi connectivity index (χ4n) is 12.5. The molecule has 484 valence electrons. The summed E-state index contributed by atoms with van der Waals surface area (Å²) in [5.74, 6) is -0.133. The molecule has 0 aromatic carbocycles. The minimum Gasteiger partial charge on any atom is -0.394 e. The predicted molar refractivity (Wildman–Crippen MR) is 346 cm³/mol. The largest absolute Gasteiger partial charge is 0.394 e. The molecule has 81 heavy (non-hydrogen) atoms. The van der Waals surface area contributed by atoms with Crippen molar-refractivity contribution in [1.82, 2.24) is 5.32 Å². The molecule has 9 heteroatoms. The van der Waals surface area contributed by atoms with E-state index in [0.29, 0.717) is 12.8 Å². The Morgan fingerprint density at radius 2 is 0.617 bits per heavy atom. The Kier molecular flexibility index (Phi) is 60.1. The van der Waals surface area contributed by atoms with Crippen molar-refractivity contribution in [3.05, 3.63) is 0 Å². The van der Waals surface area contributed by atoms with E-state index in [-0.39, 0.29) is 12.5 Å². The molecule has 7 atom stereocenters. The third kappa shape index (κ3) is 51.0. The molecule has 0 aromatic rings. The minimum absolute atomic E-state index is 0.130. The van der Waals surface area contributed by atoms with Gasteiger partial charge in [-0.3, -0.25) is 4.79 Å². The number of nitrogens with one attached hydrogen (secondary N) is 1. The lowest BCUT2D eigenvalue weighted by atomic mass is 9.99. The maximum atomic E-state index is 13.1. The van der Waals surface area contributed by atoms with Crippen molar-refractivity contribution >= 4 is 5.91 Å². The number of aliphatic hydroxyl groups excluding tert-OH is 5. The Labute approximate surface area is 504 Å². The van der Waals surface area contributed by atoms with Gasteiger partial charge in [-0.1, -0.05) is 380 Å². The number of carbonyl (C=O) groups is 1. The summed E-state index contributed by atoms with van der Waals surface area (Å²) in [6.45, 7) is 3.91. The number of carbonyl (C=O) groups excluding carboxylic acids is 1. The van der Waals surface area contributed by atoms with Crippen LogP contribution in [0.2, 0.25) is 0 Å². The van der Waals surface area contributed by atoms with E-state index >= 15 is 0 Å². The molecular weight excluding hydrogens is 1010 g/mol. The average molecular weight is 1150 g/mol. The molecule has 1 heterocycles. The number of amides is 1. The first-order valence-electron chi connectivity index (χ1n) is 36.7. The fourth-order valence-corrected chi connectivity index (χ4v) is 12.5. The van der Waals surface area contributed by atoms with Gasteiger partial charge in [0.2, 0.25) is 5.91 Å². The summed E-state index contributed by atoms with van der Waals surface area (Å²) in [7, 11) is 0. The first kappa shape index (κ1) is 78.2. The number of aliphatic hydroxyl groups is 5. The quantitative estimate of drug-likeness (QED) is 0.0330. The summed E-state index contributed by atoms with van der Waals surface area (Å²) in [6.07, 6.45) is 72.0. The van der Waals surface area contributed by atoms with Crippen LogP contribution in [0.1, 0.15) is 399 Å². The van der Waals surface area contributed by atoms with Crippen LogP contribution in [0.5, 0.6) is 0 Å². The van der Waals surface area contributed by atoms with Crippen molar-refractivity contribution in [2.24, 2.45) is 0 Å². The highest BCUT2D eigenvalue weighted by Gasteiger charge is 2.44. The molecule has 1 aliphatic rings. The van der Waals surface area contributed by atoms with Crippen molar-refractivity contribution in [3.8, 4) is 0 Å². The van der Waals surface area contributed by atoms with E-state index in [1.54, 1.807) is 0 Å². The van der Waals surface area contributed by atoms with Gasteiger partial charge >= 0.3 is 0 Å². The average Bonchev–Trinajstić information content (AvgIpc) is 3.49. The van der Waals surface area contributed by atoms with Gasteiger partial charge in [0.1, 0.15) is 24.4 Å². The number of rotatable bonds is 66. The van der Waals surface area contributed by atoms with E-state index in [4.69, 9.17) is 9.47 Å². The second-order valence-electron chi connectivity index (χ2n) is 26.1.